The number of aliphatic imine (C=N–C) groups is 1. The molecule has 278 valence electrons. The second-order valence-corrected chi connectivity index (χ2v) is 18.5. The second-order valence-electron chi connectivity index (χ2n) is 18.5. The Bertz CT molecular complexity index is 2390. The minimum absolute atomic E-state index is 0.0322. The van der Waals surface area contributed by atoms with Crippen LogP contribution in [-0.4, -0.2) is 22.5 Å². The fraction of sp³-hybridized carbons (Fsp3) is 0.388. The first-order valence-corrected chi connectivity index (χ1v) is 19.5. The van der Waals surface area contributed by atoms with Gasteiger partial charge in [0.1, 0.15) is 29.0 Å². The summed E-state index contributed by atoms with van der Waals surface area (Å²) in [5, 5.41) is 0. The van der Waals surface area contributed by atoms with Crippen LogP contribution in [-0.2, 0) is 27.4 Å². The molecule has 5 nitrogen and oxygen atoms in total. The molecule has 2 aliphatic heterocycles. The second kappa shape index (κ2) is 12.1. The number of hydrogen-bond acceptors (Lipinski definition) is 5. The summed E-state index contributed by atoms with van der Waals surface area (Å²) in [5.41, 5.74) is 14.9. The van der Waals surface area contributed by atoms with Crippen LogP contribution in [0.4, 0.5) is 17.2 Å². The smallest absolute Gasteiger partial charge is 0.217 e. The fourth-order valence-corrected chi connectivity index (χ4v) is 9.53. The molecule has 3 aliphatic rings. The molecule has 5 heteroatoms. The number of pyridine rings is 1. The zero-order valence-electron chi connectivity index (χ0n) is 34.4. The predicted octanol–water partition coefficient (Wildman–Crippen LogP) is 12.3. The average Bonchev–Trinajstić information content (AvgIpc) is 3.42. The highest BCUT2D eigenvalue weighted by molar-refractivity contribution is 5.98. The number of anilines is 3. The lowest BCUT2D eigenvalue weighted by atomic mass is 9.59. The van der Waals surface area contributed by atoms with Crippen LogP contribution in [0, 0.1) is 34.6 Å². The van der Waals surface area contributed by atoms with Gasteiger partial charge in [-0.25, -0.2) is 9.98 Å². The number of fused-ring (bicyclic) bond motifs is 4. The van der Waals surface area contributed by atoms with Gasteiger partial charge in [0, 0.05) is 40.6 Å². The quantitative estimate of drug-likeness (QED) is 0.186. The molecule has 0 amide bonds. The van der Waals surface area contributed by atoms with Gasteiger partial charge in [0.25, 0.3) is 0 Å². The van der Waals surface area contributed by atoms with Gasteiger partial charge in [-0.2, -0.15) is 0 Å². The average molecular weight is 718 g/mol. The van der Waals surface area contributed by atoms with Gasteiger partial charge in [0.15, 0.2) is 0 Å². The molecular formula is C49H55N3O2. The molecule has 8 rings (SSSR count). The van der Waals surface area contributed by atoms with E-state index in [4.69, 9.17) is 19.5 Å². The van der Waals surface area contributed by atoms with Gasteiger partial charge < -0.3 is 9.47 Å². The summed E-state index contributed by atoms with van der Waals surface area (Å²) in [6.45, 7) is 29.2. The van der Waals surface area contributed by atoms with E-state index in [2.05, 4.69) is 168 Å². The van der Waals surface area contributed by atoms with Crippen molar-refractivity contribution in [2.45, 2.75) is 124 Å². The molecule has 0 fully saturated rings. The fourth-order valence-electron chi connectivity index (χ4n) is 9.53. The van der Waals surface area contributed by atoms with Crippen molar-refractivity contribution in [2.24, 2.45) is 4.99 Å². The maximum absolute atomic E-state index is 6.86. The van der Waals surface area contributed by atoms with E-state index < -0.39 is 5.54 Å². The summed E-state index contributed by atoms with van der Waals surface area (Å²) in [7, 11) is 0. The number of aromatic nitrogens is 1. The molecule has 54 heavy (non-hydrogen) atoms. The van der Waals surface area contributed by atoms with Crippen molar-refractivity contribution in [3.05, 3.63) is 140 Å². The van der Waals surface area contributed by atoms with E-state index in [9.17, 15) is 0 Å². The Balaban J connectivity index is 1.18. The van der Waals surface area contributed by atoms with Gasteiger partial charge in [-0.1, -0.05) is 90.4 Å². The zero-order valence-corrected chi connectivity index (χ0v) is 34.4. The third kappa shape index (κ3) is 5.48. The Morgan fingerprint density at radius 3 is 2.26 bits per heavy atom. The van der Waals surface area contributed by atoms with Gasteiger partial charge in [-0.15, -0.1) is 0 Å². The molecule has 0 bridgehead atoms. The highest BCUT2D eigenvalue weighted by Gasteiger charge is 2.57. The first-order chi connectivity index (χ1) is 25.3. The highest BCUT2D eigenvalue weighted by Crippen LogP contribution is 2.54. The van der Waals surface area contributed by atoms with Crippen LogP contribution in [0.15, 0.2) is 84.0 Å². The maximum Gasteiger partial charge on any atom is 0.217 e. The lowest BCUT2D eigenvalue weighted by molar-refractivity contribution is 0.0857. The van der Waals surface area contributed by atoms with Crippen LogP contribution in [0.1, 0.15) is 117 Å². The molecule has 2 atom stereocenters. The summed E-state index contributed by atoms with van der Waals surface area (Å²) < 4.78 is 13.7. The molecule has 1 aromatic heterocycles. The summed E-state index contributed by atoms with van der Waals surface area (Å²) in [6, 6.07) is 26.7. The number of benzene rings is 4. The van der Waals surface area contributed by atoms with E-state index in [1.807, 2.05) is 6.20 Å². The number of ether oxygens (including phenoxy) is 2. The van der Waals surface area contributed by atoms with Crippen LogP contribution in [0.2, 0.25) is 0 Å². The van der Waals surface area contributed by atoms with E-state index in [0.29, 0.717) is 5.90 Å². The Morgan fingerprint density at radius 1 is 0.778 bits per heavy atom. The van der Waals surface area contributed by atoms with Crippen molar-refractivity contribution in [3.63, 3.8) is 0 Å². The molecular weight excluding hydrogens is 663 g/mol. The molecule has 0 unspecified atom stereocenters. The van der Waals surface area contributed by atoms with Crippen molar-refractivity contribution >= 4 is 23.1 Å². The van der Waals surface area contributed by atoms with Crippen LogP contribution in [0.5, 0.6) is 11.5 Å². The van der Waals surface area contributed by atoms with Gasteiger partial charge in [0.05, 0.1) is 11.4 Å². The predicted molar refractivity (Wildman–Crippen MR) is 223 cm³/mol. The van der Waals surface area contributed by atoms with Gasteiger partial charge in [-0.3, -0.25) is 4.90 Å². The topological polar surface area (TPSA) is 47.0 Å². The third-order valence-corrected chi connectivity index (χ3v) is 12.8. The van der Waals surface area contributed by atoms with Crippen LogP contribution in [0.3, 0.4) is 0 Å². The maximum atomic E-state index is 6.86. The highest BCUT2D eigenvalue weighted by atomic mass is 16.5. The Morgan fingerprint density at radius 2 is 1.52 bits per heavy atom. The Kier molecular flexibility index (Phi) is 8.05. The molecule has 5 aromatic rings. The number of hydrogen-bond donors (Lipinski definition) is 0. The first-order valence-electron chi connectivity index (χ1n) is 19.5. The van der Waals surface area contributed by atoms with Crippen molar-refractivity contribution < 1.29 is 9.47 Å². The van der Waals surface area contributed by atoms with Gasteiger partial charge in [0.2, 0.25) is 5.90 Å². The Labute approximate surface area is 322 Å². The summed E-state index contributed by atoms with van der Waals surface area (Å²) in [5.74, 6) is 3.22. The molecule has 0 saturated heterocycles. The molecule has 1 aliphatic carbocycles. The molecule has 0 N–H and O–H groups in total. The number of aryl methyl sites for hydroxylation is 5. The molecule has 0 spiro atoms. The minimum atomic E-state index is -0.406. The third-order valence-electron chi connectivity index (χ3n) is 12.8. The minimum Gasteiger partial charge on any atom is -0.471 e. The molecule has 3 heterocycles. The number of nitrogens with zero attached hydrogens (tertiary/aromatic N) is 3. The standard InChI is InChI=1S/C49H55N3O2/c1-28-19-32(5)43-33(20-28)24-42-49(13,48(43,11)12)51-45(54-42)37-27-41(31(4)23-30(37)3)53-36-22-29(2)21-35(26-36)52-40-17-16-34(46(6,7)8)25-39(40)47(9,10)38-15-14-18-50-44(38)52/h14-23,25-27,42H,24H2,1-13H3/t42-,49+/m0/s1. The lowest BCUT2D eigenvalue weighted by Gasteiger charge is -2.48. The van der Waals surface area contributed by atoms with Crippen molar-refractivity contribution in [2.75, 3.05) is 4.90 Å². The van der Waals surface area contributed by atoms with Crippen LogP contribution in [0.25, 0.3) is 0 Å². The molecule has 4 aromatic carbocycles. The summed E-state index contributed by atoms with van der Waals surface area (Å²) in [6.07, 6.45) is 2.69. The Hall–Kier alpha value is -4.90. The van der Waals surface area contributed by atoms with Crippen LogP contribution < -0.4 is 9.64 Å². The monoisotopic (exact) mass is 717 g/mol. The summed E-state index contributed by atoms with van der Waals surface area (Å²) >= 11 is 0. The lowest BCUT2D eigenvalue weighted by Crippen LogP contribution is -2.55. The van der Waals surface area contributed by atoms with E-state index in [-0.39, 0.29) is 22.3 Å². The zero-order chi connectivity index (χ0) is 38.7. The largest absolute Gasteiger partial charge is 0.471 e. The van der Waals surface area contributed by atoms with Crippen molar-refractivity contribution in [1.82, 2.24) is 4.98 Å². The first kappa shape index (κ1) is 36.1. The van der Waals surface area contributed by atoms with Gasteiger partial charge in [-0.05, 0) is 122 Å². The van der Waals surface area contributed by atoms with Crippen LogP contribution >= 0.6 is 0 Å². The van der Waals surface area contributed by atoms with Crippen molar-refractivity contribution in [3.8, 4) is 11.5 Å². The SMILES string of the molecule is Cc1cc(Oc2cc(C3=N[C@]4(C)[C@H](Cc5cc(C)cc(C)c5C4(C)C)O3)c(C)cc2C)cc(N2c3ccc(C(C)(C)C)cc3C(C)(C)c3cccnc32)c1. The van der Waals surface area contributed by atoms with Crippen molar-refractivity contribution in [1.29, 1.82) is 0 Å². The molecule has 0 radical (unpaired) electrons. The van der Waals surface area contributed by atoms with E-state index >= 15 is 0 Å². The van der Waals surface area contributed by atoms with Gasteiger partial charge >= 0.3 is 0 Å². The normalized spacial score (nSPS) is 20.6. The molecule has 0 saturated carbocycles. The van der Waals surface area contributed by atoms with E-state index in [0.717, 1.165) is 57.4 Å². The summed E-state index contributed by atoms with van der Waals surface area (Å²) in [4.78, 5) is 12.8. The number of rotatable bonds is 4. The van der Waals surface area contributed by atoms with E-state index in [1.165, 1.54) is 38.9 Å². The van der Waals surface area contributed by atoms with E-state index in [1.54, 1.807) is 0 Å².